The van der Waals surface area contributed by atoms with E-state index in [1.165, 1.54) is 6.07 Å². The molecule has 1 N–H and O–H groups in total. The second kappa shape index (κ2) is 5.29. The maximum atomic E-state index is 13.0. The van der Waals surface area contributed by atoms with Gasteiger partial charge < -0.3 is 5.11 Å². The SMILES string of the molecule is O=Cc1c(F)cccc1C=CCCO. The largest absolute Gasteiger partial charge is 0.396 e. The molecule has 14 heavy (non-hydrogen) atoms. The van der Waals surface area contributed by atoms with Gasteiger partial charge in [-0.15, -0.1) is 0 Å². The summed E-state index contributed by atoms with van der Waals surface area (Å²) in [6.45, 7) is 0.0439. The normalized spacial score (nSPS) is 10.7. The molecule has 0 aromatic heterocycles. The topological polar surface area (TPSA) is 37.3 Å². The van der Waals surface area contributed by atoms with Gasteiger partial charge in [0.2, 0.25) is 0 Å². The molecule has 0 heterocycles. The molecule has 2 nitrogen and oxygen atoms in total. The Bertz CT molecular complexity index is 345. The van der Waals surface area contributed by atoms with Gasteiger partial charge in [0.25, 0.3) is 0 Å². The summed E-state index contributed by atoms with van der Waals surface area (Å²) in [5, 5.41) is 8.53. The third-order valence-electron chi connectivity index (χ3n) is 1.80. The maximum absolute atomic E-state index is 13.0. The lowest BCUT2D eigenvalue weighted by molar-refractivity contribution is 0.111. The zero-order valence-corrected chi connectivity index (χ0v) is 7.61. The fourth-order valence-electron chi connectivity index (χ4n) is 1.11. The van der Waals surface area contributed by atoms with E-state index >= 15 is 0 Å². The average Bonchev–Trinajstić information content (AvgIpc) is 2.18. The average molecular weight is 194 g/mol. The van der Waals surface area contributed by atoms with E-state index in [0.717, 1.165) is 0 Å². The lowest BCUT2D eigenvalue weighted by Crippen LogP contribution is -1.91. The second-order valence-electron chi connectivity index (χ2n) is 2.78. The standard InChI is InChI=1S/C11H11FO2/c12-11-6-3-5-9(10(11)8-14)4-1-2-7-13/h1,3-6,8,13H,2,7H2. The Hall–Kier alpha value is -1.48. The van der Waals surface area contributed by atoms with Crippen LogP contribution in [0.1, 0.15) is 22.3 Å². The number of aldehydes is 1. The van der Waals surface area contributed by atoms with Crippen LogP contribution < -0.4 is 0 Å². The molecular formula is C11H11FO2. The fraction of sp³-hybridized carbons (Fsp3) is 0.182. The van der Waals surface area contributed by atoms with Crippen molar-refractivity contribution < 1.29 is 14.3 Å². The summed E-state index contributed by atoms with van der Waals surface area (Å²) < 4.78 is 13.0. The molecular weight excluding hydrogens is 183 g/mol. The predicted octanol–water partition coefficient (Wildman–Crippen LogP) is 2.03. The minimum absolute atomic E-state index is 0.0439. The summed E-state index contributed by atoms with van der Waals surface area (Å²) in [6, 6.07) is 4.44. The summed E-state index contributed by atoms with van der Waals surface area (Å²) in [7, 11) is 0. The smallest absolute Gasteiger partial charge is 0.153 e. The fourth-order valence-corrected chi connectivity index (χ4v) is 1.11. The first kappa shape index (κ1) is 10.6. The van der Waals surface area contributed by atoms with Gasteiger partial charge in [0.1, 0.15) is 5.82 Å². The number of benzene rings is 1. The first-order valence-corrected chi connectivity index (χ1v) is 4.30. The Morgan fingerprint density at radius 3 is 2.86 bits per heavy atom. The Morgan fingerprint density at radius 1 is 1.43 bits per heavy atom. The van der Waals surface area contributed by atoms with E-state index < -0.39 is 5.82 Å². The van der Waals surface area contributed by atoms with Crippen LogP contribution in [0, 0.1) is 5.82 Å². The molecule has 0 radical (unpaired) electrons. The van der Waals surface area contributed by atoms with Crippen molar-refractivity contribution in [2.24, 2.45) is 0 Å². The van der Waals surface area contributed by atoms with Crippen LogP contribution in [0.5, 0.6) is 0 Å². The summed E-state index contributed by atoms with van der Waals surface area (Å²) >= 11 is 0. The van der Waals surface area contributed by atoms with E-state index in [0.29, 0.717) is 18.3 Å². The van der Waals surface area contributed by atoms with Gasteiger partial charge in [-0.1, -0.05) is 24.3 Å². The zero-order valence-electron chi connectivity index (χ0n) is 7.61. The quantitative estimate of drug-likeness (QED) is 0.744. The second-order valence-corrected chi connectivity index (χ2v) is 2.78. The van der Waals surface area contributed by atoms with Gasteiger partial charge in [-0.2, -0.15) is 0 Å². The van der Waals surface area contributed by atoms with Crippen molar-refractivity contribution in [3.63, 3.8) is 0 Å². The van der Waals surface area contributed by atoms with Crippen LogP contribution >= 0.6 is 0 Å². The number of hydrogen-bond donors (Lipinski definition) is 1. The molecule has 0 unspecified atom stereocenters. The lowest BCUT2D eigenvalue weighted by Gasteiger charge is -1.99. The Morgan fingerprint density at radius 2 is 2.21 bits per heavy atom. The Labute approximate surface area is 81.7 Å². The third-order valence-corrected chi connectivity index (χ3v) is 1.80. The van der Waals surface area contributed by atoms with Crippen molar-refractivity contribution in [1.82, 2.24) is 0 Å². The summed E-state index contributed by atoms with van der Waals surface area (Å²) in [5.74, 6) is -0.522. The van der Waals surface area contributed by atoms with Gasteiger partial charge in [0, 0.05) is 6.61 Å². The molecule has 0 aliphatic rings. The highest BCUT2D eigenvalue weighted by molar-refractivity contribution is 5.82. The monoisotopic (exact) mass is 194 g/mol. The van der Waals surface area contributed by atoms with Crippen molar-refractivity contribution in [3.8, 4) is 0 Å². The van der Waals surface area contributed by atoms with E-state index in [9.17, 15) is 9.18 Å². The van der Waals surface area contributed by atoms with E-state index in [4.69, 9.17) is 5.11 Å². The van der Waals surface area contributed by atoms with Gasteiger partial charge in [-0.05, 0) is 18.1 Å². The summed E-state index contributed by atoms with van der Waals surface area (Å²) in [4.78, 5) is 10.6. The number of carbonyl (C=O) groups excluding carboxylic acids is 1. The van der Waals surface area contributed by atoms with Gasteiger partial charge in [-0.25, -0.2) is 4.39 Å². The summed E-state index contributed by atoms with van der Waals surface area (Å²) in [6.07, 6.45) is 4.31. The number of halogens is 1. The highest BCUT2D eigenvalue weighted by Gasteiger charge is 2.03. The minimum atomic E-state index is -0.522. The van der Waals surface area contributed by atoms with Crippen LogP contribution in [0.4, 0.5) is 4.39 Å². The Balaban J connectivity index is 2.96. The van der Waals surface area contributed by atoms with Gasteiger partial charge in [0.05, 0.1) is 5.56 Å². The molecule has 0 fully saturated rings. The van der Waals surface area contributed by atoms with E-state index in [2.05, 4.69) is 0 Å². The molecule has 0 atom stereocenters. The number of rotatable bonds is 4. The number of hydrogen-bond acceptors (Lipinski definition) is 2. The van der Waals surface area contributed by atoms with Crippen LogP contribution in [0.3, 0.4) is 0 Å². The molecule has 0 aliphatic heterocycles. The zero-order chi connectivity index (χ0) is 10.4. The molecule has 0 aliphatic carbocycles. The van der Waals surface area contributed by atoms with Gasteiger partial charge >= 0.3 is 0 Å². The third kappa shape index (κ3) is 2.50. The van der Waals surface area contributed by atoms with Crippen LogP contribution in [-0.4, -0.2) is 18.0 Å². The molecule has 0 amide bonds. The van der Waals surface area contributed by atoms with Crippen molar-refractivity contribution in [2.45, 2.75) is 6.42 Å². The van der Waals surface area contributed by atoms with Crippen molar-refractivity contribution in [1.29, 1.82) is 0 Å². The predicted molar refractivity (Wildman–Crippen MR) is 52.5 cm³/mol. The van der Waals surface area contributed by atoms with Gasteiger partial charge in [0.15, 0.2) is 6.29 Å². The van der Waals surface area contributed by atoms with Crippen LogP contribution in [0.15, 0.2) is 24.3 Å². The summed E-state index contributed by atoms with van der Waals surface area (Å²) in [5.41, 5.74) is 0.593. The maximum Gasteiger partial charge on any atom is 0.153 e. The number of aliphatic hydroxyl groups excluding tert-OH is 1. The van der Waals surface area contributed by atoms with Crippen molar-refractivity contribution >= 4 is 12.4 Å². The molecule has 74 valence electrons. The minimum Gasteiger partial charge on any atom is -0.396 e. The van der Waals surface area contributed by atoms with E-state index in [1.54, 1.807) is 24.3 Å². The number of aliphatic hydroxyl groups is 1. The molecule has 0 bridgehead atoms. The number of carbonyl (C=O) groups is 1. The Kier molecular flexibility index (Phi) is 4.01. The first-order chi connectivity index (χ1) is 6.79. The van der Waals surface area contributed by atoms with E-state index in [1.807, 2.05) is 0 Å². The van der Waals surface area contributed by atoms with Crippen molar-refractivity contribution in [3.05, 3.63) is 41.2 Å². The molecule has 3 heteroatoms. The highest BCUT2D eigenvalue weighted by Crippen LogP contribution is 2.13. The molecule has 0 saturated heterocycles. The molecule has 1 aromatic rings. The van der Waals surface area contributed by atoms with E-state index in [-0.39, 0.29) is 12.2 Å². The van der Waals surface area contributed by atoms with Crippen LogP contribution in [0.2, 0.25) is 0 Å². The molecule has 1 rings (SSSR count). The molecule has 0 spiro atoms. The molecule has 0 saturated carbocycles. The van der Waals surface area contributed by atoms with Crippen LogP contribution in [0.25, 0.3) is 6.08 Å². The highest BCUT2D eigenvalue weighted by atomic mass is 19.1. The molecule has 1 aromatic carbocycles. The first-order valence-electron chi connectivity index (χ1n) is 4.30. The lowest BCUT2D eigenvalue weighted by atomic mass is 10.1. The van der Waals surface area contributed by atoms with Gasteiger partial charge in [-0.3, -0.25) is 4.79 Å². The van der Waals surface area contributed by atoms with Crippen molar-refractivity contribution in [2.75, 3.05) is 6.61 Å². The van der Waals surface area contributed by atoms with Crippen LogP contribution in [-0.2, 0) is 0 Å².